The number of anilines is 2. The zero-order valence-corrected chi connectivity index (χ0v) is 15.2. The summed E-state index contributed by atoms with van der Waals surface area (Å²) < 4.78 is 11.1. The second-order valence-electron chi connectivity index (χ2n) is 6.34. The highest BCUT2D eigenvalue weighted by atomic mass is 35.5. The van der Waals surface area contributed by atoms with Crippen molar-refractivity contribution in [2.45, 2.75) is 12.5 Å². The zero-order valence-electron chi connectivity index (χ0n) is 14.4. The summed E-state index contributed by atoms with van der Waals surface area (Å²) in [6.45, 7) is 1.39. The summed E-state index contributed by atoms with van der Waals surface area (Å²) in [6.07, 6.45) is 0.234. The molecule has 2 aliphatic rings. The number of carbonyl (C=O) groups excluding carboxylic acids is 2. The number of rotatable bonds is 3. The van der Waals surface area contributed by atoms with Gasteiger partial charge in [0, 0.05) is 35.4 Å². The van der Waals surface area contributed by atoms with Crippen molar-refractivity contribution in [2.75, 3.05) is 30.0 Å². The second-order valence-corrected chi connectivity index (χ2v) is 6.78. The number of urea groups is 1. The minimum atomic E-state index is -0.376. The van der Waals surface area contributed by atoms with Gasteiger partial charge in [0.25, 0.3) is 0 Å². The molecule has 8 heteroatoms. The smallest absolute Gasteiger partial charge is 0.319 e. The number of amides is 3. The number of nitrogens with zero attached hydrogens (tertiary/aromatic N) is 1. The third-order valence-corrected chi connectivity index (χ3v) is 4.62. The van der Waals surface area contributed by atoms with Gasteiger partial charge in [0.05, 0.1) is 6.04 Å². The Balaban J connectivity index is 1.39. The van der Waals surface area contributed by atoms with Crippen LogP contribution in [0.1, 0.15) is 6.42 Å². The number of hydrogen-bond donors (Lipinski definition) is 2. The molecule has 2 aromatic rings. The molecule has 140 valence electrons. The fourth-order valence-corrected chi connectivity index (χ4v) is 3.36. The Bertz CT molecular complexity index is 889. The molecule has 3 amide bonds. The molecule has 1 unspecified atom stereocenters. The molecule has 2 aromatic carbocycles. The maximum Gasteiger partial charge on any atom is 0.319 e. The van der Waals surface area contributed by atoms with Crippen LogP contribution < -0.4 is 25.0 Å². The van der Waals surface area contributed by atoms with Gasteiger partial charge in [0.2, 0.25) is 5.91 Å². The molecule has 0 radical (unpaired) electrons. The van der Waals surface area contributed by atoms with Gasteiger partial charge in [-0.2, -0.15) is 0 Å². The highest BCUT2D eigenvalue weighted by Crippen LogP contribution is 2.35. The molecule has 0 aromatic heterocycles. The highest BCUT2D eigenvalue weighted by Gasteiger charge is 2.32. The van der Waals surface area contributed by atoms with E-state index in [9.17, 15) is 9.59 Å². The van der Waals surface area contributed by atoms with E-state index in [1.807, 2.05) is 6.07 Å². The van der Waals surface area contributed by atoms with E-state index in [0.29, 0.717) is 42.0 Å². The standard InChI is InChI=1S/C19H18ClN3O4/c20-12-2-1-3-13(8-12)21-19(25)22-14-9-18(24)23(11-14)15-4-5-16-17(10-15)27-7-6-26-16/h1-5,8,10,14H,6-7,9,11H2,(H2,21,22,25). The summed E-state index contributed by atoms with van der Waals surface area (Å²) in [5, 5.41) is 6.08. The van der Waals surface area contributed by atoms with Crippen molar-refractivity contribution in [3.63, 3.8) is 0 Å². The van der Waals surface area contributed by atoms with Crippen LogP contribution in [0.5, 0.6) is 11.5 Å². The lowest BCUT2D eigenvalue weighted by Crippen LogP contribution is -2.39. The number of hydrogen-bond acceptors (Lipinski definition) is 4. The summed E-state index contributed by atoms with van der Waals surface area (Å²) in [7, 11) is 0. The number of fused-ring (bicyclic) bond motifs is 1. The van der Waals surface area contributed by atoms with E-state index in [0.717, 1.165) is 5.69 Å². The SMILES string of the molecule is O=C(Nc1cccc(Cl)c1)NC1CC(=O)N(c2ccc3c(c2)OCCO3)C1. The van der Waals surface area contributed by atoms with Crippen LogP contribution in [0.15, 0.2) is 42.5 Å². The maximum atomic E-state index is 12.4. The normalized spacial score (nSPS) is 18.3. The van der Waals surface area contributed by atoms with Crippen LogP contribution in [0.25, 0.3) is 0 Å². The van der Waals surface area contributed by atoms with Crippen LogP contribution in [0.2, 0.25) is 5.02 Å². The largest absolute Gasteiger partial charge is 0.486 e. The van der Waals surface area contributed by atoms with Crippen molar-refractivity contribution in [1.82, 2.24) is 5.32 Å². The molecule has 0 spiro atoms. The minimum absolute atomic E-state index is 0.0558. The van der Waals surface area contributed by atoms with E-state index in [-0.39, 0.29) is 24.4 Å². The average molecular weight is 388 g/mol. The van der Waals surface area contributed by atoms with Gasteiger partial charge >= 0.3 is 6.03 Å². The Morgan fingerprint density at radius 2 is 1.93 bits per heavy atom. The molecular formula is C19H18ClN3O4. The molecule has 2 aliphatic heterocycles. The van der Waals surface area contributed by atoms with Gasteiger partial charge in [-0.3, -0.25) is 4.79 Å². The van der Waals surface area contributed by atoms with Crippen molar-refractivity contribution >= 4 is 34.9 Å². The molecule has 2 heterocycles. The predicted octanol–water partition coefficient (Wildman–Crippen LogP) is 3.04. The number of halogens is 1. The van der Waals surface area contributed by atoms with Crippen molar-refractivity contribution in [2.24, 2.45) is 0 Å². The van der Waals surface area contributed by atoms with Crippen LogP contribution >= 0.6 is 11.6 Å². The third kappa shape index (κ3) is 3.93. The molecule has 4 rings (SSSR count). The summed E-state index contributed by atoms with van der Waals surface area (Å²) in [5.74, 6) is 1.24. The second kappa shape index (κ2) is 7.36. The average Bonchev–Trinajstić information content (AvgIpc) is 3.01. The third-order valence-electron chi connectivity index (χ3n) is 4.38. The topological polar surface area (TPSA) is 79.9 Å². The molecule has 2 N–H and O–H groups in total. The van der Waals surface area contributed by atoms with Crippen molar-refractivity contribution in [1.29, 1.82) is 0 Å². The van der Waals surface area contributed by atoms with E-state index >= 15 is 0 Å². The number of ether oxygens (including phenoxy) is 2. The quantitative estimate of drug-likeness (QED) is 0.848. The highest BCUT2D eigenvalue weighted by molar-refractivity contribution is 6.30. The van der Waals surface area contributed by atoms with E-state index in [1.54, 1.807) is 41.3 Å². The lowest BCUT2D eigenvalue weighted by Gasteiger charge is -2.22. The molecule has 0 bridgehead atoms. The van der Waals surface area contributed by atoms with Crippen LogP contribution in [0, 0.1) is 0 Å². The number of carbonyl (C=O) groups is 2. The van der Waals surface area contributed by atoms with Gasteiger partial charge in [-0.15, -0.1) is 0 Å². The van der Waals surface area contributed by atoms with E-state index < -0.39 is 0 Å². The summed E-state index contributed by atoms with van der Waals surface area (Å²) in [5.41, 5.74) is 1.32. The van der Waals surface area contributed by atoms with Crippen LogP contribution in [0.4, 0.5) is 16.2 Å². The van der Waals surface area contributed by atoms with Crippen LogP contribution in [-0.4, -0.2) is 37.7 Å². The Morgan fingerprint density at radius 3 is 2.74 bits per heavy atom. The maximum absolute atomic E-state index is 12.4. The van der Waals surface area contributed by atoms with Crippen LogP contribution in [0.3, 0.4) is 0 Å². The Hall–Kier alpha value is -2.93. The molecule has 0 aliphatic carbocycles. The van der Waals surface area contributed by atoms with Crippen molar-refractivity contribution < 1.29 is 19.1 Å². The molecular weight excluding hydrogens is 370 g/mol. The van der Waals surface area contributed by atoms with E-state index in [2.05, 4.69) is 10.6 Å². The molecule has 1 atom stereocenters. The molecule has 0 saturated carbocycles. The lowest BCUT2D eigenvalue weighted by molar-refractivity contribution is -0.117. The molecule has 1 saturated heterocycles. The number of benzene rings is 2. The fourth-order valence-electron chi connectivity index (χ4n) is 3.17. The van der Waals surface area contributed by atoms with E-state index in [1.165, 1.54) is 0 Å². The molecule has 1 fully saturated rings. The lowest BCUT2D eigenvalue weighted by atomic mass is 10.2. The van der Waals surface area contributed by atoms with Gasteiger partial charge < -0.3 is 25.0 Å². The molecule has 7 nitrogen and oxygen atoms in total. The Morgan fingerprint density at radius 1 is 1.11 bits per heavy atom. The summed E-state index contributed by atoms with van der Waals surface area (Å²) in [4.78, 5) is 26.2. The van der Waals surface area contributed by atoms with Gasteiger partial charge in [-0.25, -0.2) is 4.79 Å². The molecule has 27 heavy (non-hydrogen) atoms. The Labute approximate surface area is 161 Å². The van der Waals surface area contributed by atoms with Gasteiger partial charge in [-0.1, -0.05) is 17.7 Å². The first-order valence-corrected chi connectivity index (χ1v) is 8.99. The van der Waals surface area contributed by atoms with Gasteiger partial charge in [0.1, 0.15) is 13.2 Å². The zero-order chi connectivity index (χ0) is 18.8. The van der Waals surface area contributed by atoms with Crippen molar-refractivity contribution in [3.8, 4) is 11.5 Å². The minimum Gasteiger partial charge on any atom is -0.486 e. The Kier molecular flexibility index (Phi) is 4.77. The predicted molar refractivity (Wildman–Crippen MR) is 102 cm³/mol. The van der Waals surface area contributed by atoms with Gasteiger partial charge in [-0.05, 0) is 30.3 Å². The van der Waals surface area contributed by atoms with Crippen molar-refractivity contribution in [3.05, 3.63) is 47.5 Å². The fraction of sp³-hybridized carbons (Fsp3) is 0.263. The summed E-state index contributed by atoms with van der Waals surface area (Å²) in [6, 6.07) is 11.6. The van der Waals surface area contributed by atoms with Gasteiger partial charge in [0.15, 0.2) is 11.5 Å². The first-order chi connectivity index (χ1) is 13.1. The van der Waals surface area contributed by atoms with E-state index in [4.69, 9.17) is 21.1 Å². The number of nitrogens with one attached hydrogen (secondary N) is 2. The first-order valence-electron chi connectivity index (χ1n) is 8.61. The first kappa shape index (κ1) is 17.5. The van der Waals surface area contributed by atoms with Crippen LogP contribution in [-0.2, 0) is 4.79 Å². The monoisotopic (exact) mass is 387 g/mol. The summed E-state index contributed by atoms with van der Waals surface area (Å²) >= 11 is 5.91.